The van der Waals surface area contributed by atoms with Gasteiger partial charge in [-0.1, -0.05) is 55.8 Å². The molecule has 3 N–H and O–H groups in total. The van der Waals surface area contributed by atoms with Crippen LogP contribution >= 0.6 is 0 Å². The standard InChI is InChI=1S/C31H38N4O8/c1-4-6-12-26-32-17-18-35(26)28(29(37)33-25(20-27(36)34-40)19-22-10-8-7-9-11-22)23-13-15-24(16-14-23)30(38)42-21(3)43-31(39)41-5-2/h7-11,13-18,21,25,28,40H,4-6,12,19-20H2,1-3H3,(H,33,37)(H,34,36)/t21?,25?,28-/m0/s1. The number of amides is 2. The van der Waals surface area contributed by atoms with Crippen LogP contribution in [0, 0.1) is 0 Å². The Hall–Kier alpha value is -4.71. The number of esters is 1. The molecular formula is C31H38N4O8. The highest BCUT2D eigenvalue weighted by Crippen LogP contribution is 2.23. The number of unbranched alkanes of at least 4 members (excludes halogenated alkanes) is 1. The molecule has 2 amide bonds. The highest BCUT2D eigenvalue weighted by molar-refractivity contribution is 5.90. The zero-order valence-electron chi connectivity index (χ0n) is 24.5. The maximum absolute atomic E-state index is 14.0. The molecule has 0 saturated heterocycles. The minimum atomic E-state index is -1.17. The molecule has 12 nitrogen and oxygen atoms in total. The van der Waals surface area contributed by atoms with Gasteiger partial charge in [-0.15, -0.1) is 0 Å². The lowest BCUT2D eigenvalue weighted by atomic mass is 10.00. The van der Waals surface area contributed by atoms with Crippen LogP contribution in [0.4, 0.5) is 4.79 Å². The second-order valence-electron chi connectivity index (χ2n) is 9.79. The summed E-state index contributed by atoms with van der Waals surface area (Å²) in [6, 6.07) is 14.2. The lowest BCUT2D eigenvalue weighted by Crippen LogP contribution is -2.43. The maximum Gasteiger partial charge on any atom is 0.511 e. The first-order chi connectivity index (χ1) is 20.7. The molecule has 12 heteroatoms. The van der Waals surface area contributed by atoms with Gasteiger partial charge in [-0.3, -0.25) is 14.8 Å². The van der Waals surface area contributed by atoms with Crippen molar-refractivity contribution < 1.29 is 38.6 Å². The van der Waals surface area contributed by atoms with Crippen molar-refractivity contribution in [2.75, 3.05) is 6.61 Å². The summed E-state index contributed by atoms with van der Waals surface area (Å²) in [7, 11) is 0. The van der Waals surface area contributed by atoms with E-state index in [1.807, 2.05) is 30.3 Å². The van der Waals surface area contributed by atoms with E-state index in [9.17, 15) is 19.2 Å². The molecule has 3 aromatic rings. The van der Waals surface area contributed by atoms with Crippen LogP contribution in [0.15, 0.2) is 67.0 Å². The first-order valence-corrected chi connectivity index (χ1v) is 14.2. The smallest absolute Gasteiger partial charge is 0.435 e. The number of aryl methyl sites for hydroxylation is 1. The van der Waals surface area contributed by atoms with E-state index in [0.717, 1.165) is 18.4 Å². The second kappa shape index (κ2) is 16.7. The predicted octanol–water partition coefficient (Wildman–Crippen LogP) is 4.11. The van der Waals surface area contributed by atoms with E-state index in [1.54, 1.807) is 41.5 Å². The Morgan fingerprint density at radius 2 is 1.72 bits per heavy atom. The van der Waals surface area contributed by atoms with Crippen LogP contribution in [0.3, 0.4) is 0 Å². The van der Waals surface area contributed by atoms with Crippen molar-refractivity contribution in [2.24, 2.45) is 0 Å². The topological polar surface area (TPSA) is 158 Å². The molecular weight excluding hydrogens is 556 g/mol. The van der Waals surface area contributed by atoms with Crippen molar-refractivity contribution in [1.29, 1.82) is 0 Å². The summed E-state index contributed by atoms with van der Waals surface area (Å²) in [6.45, 7) is 5.20. The fraction of sp³-hybridized carbons (Fsp3) is 0.387. The van der Waals surface area contributed by atoms with E-state index in [4.69, 9.17) is 14.7 Å². The average molecular weight is 595 g/mol. The molecule has 0 aliphatic heterocycles. The number of carbonyl (C=O) groups is 4. The maximum atomic E-state index is 14.0. The van der Waals surface area contributed by atoms with Gasteiger partial charge in [0.15, 0.2) is 0 Å². The number of nitrogens with zero attached hydrogens (tertiary/aromatic N) is 2. The Balaban J connectivity index is 1.87. The van der Waals surface area contributed by atoms with Gasteiger partial charge in [0, 0.05) is 38.2 Å². The largest absolute Gasteiger partial charge is 0.511 e. The second-order valence-corrected chi connectivity index (χ2v) is 9.79. The van der Waals surface area contributed by atoms with Crippen LogP contribution in [-0.2, 0) is 36.6 Å². The first-order valence-electron chi connectivity index (χ1n) is 14.2. The van der Waals surface area contributed by atoms with Gasteiger partial charge in [-0.25, -0.2) is 20.1 Å². The fourth-order valence-corrected chi connectivity index (χ4v) is 4.50. The van der Waals surface area contributed by atoms with E-state index in [1.165, 1.54) is 19.1 Å². The van der Waals surface area contributed by atoms with Crippen molar-refractivity contribution in [2.45, 2.75) is 71.2 Å². The molecule has 3 rings (SSSR count). The number of rotatable bonds is 15. The summed E-state index contributed by atoms with van der Waals surface area (Å²) in [5.74, 6) is -1.04. The molecule has 2 aromatic carbocycles. The molecule has 0 aliphatic rings. The van der Waals surface area contributed by atoms with Crippen LogP contribution in [0.5, 0.6) is 0 Å². The van der Waals surface area contributed by atoms with E-state index in [-0.39, 0.29) is 18.6 Å². The molecule has 1 aromatic heterocycles. The summed E-state index contributed by atoms with van der Waals surface area (Å²) in [6.07, 6.45) is 3.90. The van der Waals surface area contributed by atoms with Crippen molar-refractivity contribution in [3.8, 4) is 0 Å². The molecule has 0 aliphatic carbocycles. The third-order valence-corrected chi connectivity index (χ3v) is 6.52. The molecule has 0 bridgehead atoms. The molecule has 0 radical (unpaired) electrons. The minimum Gasteiger partial charge on any atom is -0.435 e. The van der Waals surface area contributed by atoms with Crippen molar-refractivity contribution >= 4 is 23.9 Å². The molecule has 0 fully saturated rings. The third kappa shape index (κ3) is 9.96. The number of aromatic nitrogens is 2. The average Bonchev–Trinajstić information content (AvgIpc) is 3.44. The molecule has 2 unspecified atom stereocenters. The molecule has 0 spiro atoms. The number of nitrogens with one attached hydrogen (secondary N) is 2. The monoisotopic (exact) mass is 594 g/mol. The van der Waals surface area contributed by atoms with E-state index in [0.29, 0.717) is 24.2 Å². The lowest BCUT2D eigenvalue weighted by Gasteiger charge is -2.25. The van der Waals surface area contributed by atoms with E-state index >= 15 is 0 Å². The summed E-state index contributed by atoms with van der Waals surface area (Å²) < 4.78 is 16.5. The van der Waals surface area contributed by atoms with Gasteiger partial charge < -0.3 is 24.1 Å². The van der Waals surface area contributed by atoms with Gasteiger partial charge in [0.25, 0.3) is 0 Å². The molecule has 230 valence electrons. The van der Waals surface area contributed by atoms with Crippen molar-refractivity contribution in [3.63, 3.8) is 0 Å². The van der Waals surface area contributed by atoms with Gasteiger partial charge in [0.1, 0.15) is 11.9 Å². The number of hydrogen-bond donors (Lipinski definition) is 3. The molecule has 1 heterocycles. The fourth-order valence-electron chi connectivity index (χ4n) is 4.50. The number of ether oxygens (including phenoxy) is 3. The van der Waals surface area contributed by atoms with Gasteiger partial charge in [-0.05, 0) is 43.0 Å². The minimum absolute atomic E-state index is 0.119. The van der Waals surface area contributed by atoms with E-state index < -0.39 is 42.3 Å². The first kappa shape index (κ1) is 32.8. The molecule has 43 heavy (non-hydrogen) atoms. The Bertz CT molecular complexity index is 1340. The van der Waals surface area contributed by atoms with Crippen molar-refractivity contribution in [3.05, 3.63) is 89.5 Å². The third-order valence-electron chi connectivity index (χ3n) is 6.52. The van der Waals surface area contributed by atoms with Crippen LogP contribution < -0.4 is 10.8 Å². The molecule has 3 atom stereocenters. The SMILES string of the molecule is CCCCc1nccn1[C@H](C(=O)NC(CC(=O)NO)Cc1ccccc1)c1ccc(C(=O)OC(C)OC(=O)OCC)cc1. The van der Waals surface area contributed by atoms with Gasteiger partial charge in [-0.2, -0.15) is 0 Å². The Morgan fingerprint density at radius 1 is 1.00 bits per heavy atom. The van der Waals surface area contributed by atoms with E-state index in [2.05, 4.69) is 22.0 Å². The van der Waals surface area contributed by atoms with Gasteiger partial charge >= 0.3 is 12.1 Å². The number of carbonyl (C=O) groups excluding carboxylic acids is 4. The Labute approximate surface area is 250 Å². The number of imidazole rings is 1. The number of hydroxylamine groups is 1. The van der Waals surface area contributed by atoms with Crippen LogP contribution in [-0.4, -0.2) is 57.6 Å². The lowest BCUT2D eigenvalue weighted by molar-refractivity contribution is -0.130. The van der Waals surface area contributed by atoms with Crippen LogP contribution in [0.1, 0.15) is 73.4 Å². The zero-order valence-corrected chi connectivity index (χ0v) is 24.5. The summed E-state index contributed by atoms with van der Waals surface area (Å²) in [5, 5.41) is 12.1. The normalized spacial score (nSPS) is 12.8. The quantitative estimate of drug-likeness (QED) is 0.102. The van der Waals surface area contributed by atoms with Crippen LogP contribution in [0.25, 0.3) is 0 Å². The Morgan fingerprint density at radius 3 is 2.37 bits per heavy atom. The molecule has 0 saturated carbocycles. The number of hydrogen-bond acceptors (Lipinski definition) is 9. The van der Waals surface area contributed by atoms with Crippen LogP contribution in [0.2, 0.25) is 0 Å². The van der Waals surface area contributed by atoms with Gasteiger partial charge in [0.05, 0.1) is 12.2 Å². The predicted molar refractivity (Wildman–Crippen MR) is 155 cm³/mol. The zero-order chi connectivity index (χ0) is 31.2. The van der Waals surface area contributed by atoms with Gasteiger partial charge in [0.2, 0.25) is 18.1 Å². The summed E-state index contributed by atoms with van der Waals surface area (Å²) in [4.78, 5) is 54.7. The van der Waals surface area contributed by atoms with Crippen molar-refractivity contribution in [1.82, 2.24) is 20.3 Å². The summed E-state index contributed by atoms with van der Waals surface area (Å²) in [5.41, 5.74) is 3.29. The highest BCUT2D eigenvalue weighted by Gasteiger charge is 2.28. The highest BCUT2D eigenvalue weighted by atomic mass is 16.8. The number of benzene rings is 2. The Kier molecular flexibility index (Phi) is 12.7. The summed E-state index contributed by atoms with van der Waals surface area (Å²) >= 11 is 0.